The average Bonchev–Trinajstić information content (AvgIpc) is 2.78. The molecule has 4 heteroatoms. The first-order valence-electron chi connectivity index (χ1n) is 8.32. The van der Waals surface area contributed by atoms with E-state index in [1.807, 2.05) is 12.1 Å². The van der Waals surface area contributed by atoms with Crippen molar-refractivity contribution in [3.63, 3.8) is 0 Å². The summed E-state index contributed by atoms with van der Waals surface area (Å²) < 4.78 is 2.47. The molecular formula is C18H29N2OSi. The molecule has 1 atom stereocenters. The second-order valence-corrected chi connectivity index (χ2v) is 13.1. The van der Waals surface area contributed by atoms with Gasteiger partial charge in [0.15, 0.2) is 8.24 Å². The van der Waals surface area contributed by atoms with E-state index in [-0.39, 0.29) is 11.9 Å². The van der Waals surface area contributed by atoms with Crippen molar-refractivity contribution in [1.29, 1.82) is 0 Å². The van der Waals surface area contributed by atoms with Gasteiger partial charge in [-0.1, -0.05) is 47.6 Å². The van der Waals surface area contributed by atoms with Crippen LogP contribution in [0, 0.1) is 6.07 Å². The van der Waals surface area contributed by atoms with Crippen molar-refractivity contribution in [1.82, 2.24) is 0 Å². The van der Waals surface area contributed by atoms with Crippen molar-refractivity contribution in [3.05, 3.63) is 29.8 Å². The van der Waals surface area contributed by atoms with E-state index in [2.05, 4.69) is 58.2 Å². The predicted octanol–water partition coefficient (Wildman–Crippen LogP) is 3.88. The Kier molecular flexibility index (Phi) is 4.71. The van der Waals surface area contributed by atoms with Gasteiger partial charge in [0.25, 0.3) is 0 Å². The molecule has 0 fully saturated rings. The lowest BCUT2D eigenvalue weighted by Crippen LogP contribution is -2.65. The number of rotatable bonds is 5. The van der Waals surface area contributed by atoms with Crippen molar-refractivity contribution in [2.24, 2.45) is 5.73 Å². The molecule has 1 unspecified atom stereocenters. The summed E-state index contributed by atoms with van der Waals surface area (Å²) in [5.74, 6) is -0.199. The zero-order chi connectivity index (χ0) is 16.7. The highest BCUT2D eigenvalue weighted by Gasteiger charge is 2.54. The molecule has 0 spiro atoms. The zero-order valence-electron chi connectivity index (χ0n) is 14.7. The van der Waals surface area contributed by atoms with Crippen LogP contribution in [0.3, 0.4) is 0 Å². The molecule has 1 aliphatic rings. The number of hydrogen-bond donors (Lipinski definition) is 1. The molecule has 3 nitrogen and oxygen atoms in total. The van der Waals surface area contributed by atoms with Gasteiger partial charge in [-0.05, 0) is 40.4 Å². The van der Waals surface area contributed by atoms with E-state index in [1.165, 1.54) is 11.3 Å². The summed E-state index contributed by atoms with van der Waals surface area (Å²) in [6, 6.07) is 9.04. The van der Waals surface area contributed by atoms with Crippen molar-refractivity contribution in [2.45, 2.75) is 70.6 Å². The SMILES string of the molecule is CC(C)[Si](C(C)C)(C(C)C)N1c2cc[c]cc2CC1C(N)=O. The Labute approximate surface area is 136 Å². The second kappa shape index (κ2) is 6.07. The number of amides is 1. The van der Waals surface area contributed by atoms with Crippen molar-refractivity contribution in [2.75, 3.05) is 4.57 Å². The van der Waals surface area contributed by atoms with E-state index >= 15 is 0 Å². The lowest BCUT2D eigenvalue weighted by molar-refractivity contribution is -0.118. The van der Waals surface area contributed by atoms with Gasteiger partial charge in [-0.3, -0.25) is 4.79 Å². The molecule has 1 aromatic rings. The normalized spacial score (nSPS) is 18.4. The van der Waals surface area contributed by atoms with Crippen LogP contribution in [0.25, 0.3) is 0 Å². The van der Waals surface area contributed by atoms with E-state index in [4.69, 9.17) is 5.73 Å². The number of nitrogens with zero attached hydrogens (tertiary/aromatic N) is 1. The minimum absolute atomic E-state index is 0.199. The summed E-state index contributed by atoms with van der Waals surface area (Å²) in [6.07, 6.45) is 0.725. The van der Waals surface area contributed by atoms with Crippen LogP contribution in [0.1, 0.15) is 47.1 Å². The van der Waals surface area contributed by atoms with Gasteiger partial charge in [0.05, 0.1) is 0 Å². The smallest absolute Gasteiger partial charge is 0.239 e. The number of carbonyl (C=O) groups excluding carboxylic acids is 1. The first kappa shape index (κ1) is 17.1. The van der Waals surface area contributed by atoms with Crippen LogP contribution < -0.4 is 10.3 Å². The highest BCUT2D eigenvalue weighted by Crippen LogP contribution is 2.50. The number of primary amides is 1. The number of anilines is 1. The standard InChI is InChI=1S/C18H29N2OSi/c1-12(2)22(13(3)4,14(5)6)20-16-10-8-7-9-15(16)11-17(20)18(19)21/h8-10,12-14,17H,11H2,1-6H3,(H2,19,21). The Morgan fingerprint density at radius 3 is 2.23 bits per heavy atom. The van der Waals surface area contributed by atoms with Gasteiger partial charge >= 0.3 is 0 Å². The summed E-state index contributed by atoms with van der Waals surface area (Å²) in [7, 11) is -1.95. The molecule has 1 aromatic carbocycles. The summed E-state index contributed by atoms with van der Waals surface area (Å²) in [5, 5.41) is 0. The largest absolute Gasteiger partial charge is 0.385 e. The van der Waals surface area contributed by atoms with Gasteiger partial charge in [0.1, 0.15) is 6.04 Å². The fourth-order valence-corrected chi connectivity index (χ4v) is 11.9. The summed E-state index contributed by atoms with van der Waals surface area (Å²) in [4.78, 5) is 12.2. The predicted molar refractivity (Wildman–Crippen MR) is 95.5 cm³/mol. The van der Waals surface area contributed by atoms with Crippen LogP contribution in [0.4, 0.5) is 5.69 Å². The van der Waals surface area contributed by atoms with Crippen molar-refractivity contribution in [3.8, 4) is 0 Å². The number of hydrogen-bond acceptors (Lipinski definition) is 2. The fourth-order valence-electron chi connectivity index (χ4n) is 4.86. The van der Waals surface area contributed by atoms with E-state index in [1.54, 1.807) is 0 Å². The molecule has 0 bridgehead atoms. The van der Waals surface area contributed by atoms with Crippen LogP contribution in [-0.2, 0) is 11.2 Å². The second-order valence-electron chi connectivity index (χ2n) is 7.40. The van der Waals surface area contributed by atoms with Gasteiger partial charge < -0.3 is 10.3 Å². The molecule has 121 valence electrons. The van der Waals surface area contributed by atoms with Crippen LogP contribution >= 0.6 is 0 Å². The molecule has 0 aromatic heterocycles. The molecule has 0 aliphatic carbocycles. The molecule has 0 saturated heterocycles. The summed E-state index contributed by atoms with van der Waals surface area (Å²) >= 11 is 0. The Balaban J connectivity index is 2.69. The monoisotopic (exact) mass is 317 g/mol. The maximum atomic E-state index is 12.2. The Morgan fingerprint density at radius 1 is 1.23 bits per heavy atom. The van der Waals surface area contributed by atoms with E-state index in [0.29, 0.717) is 16.6 Å². The first-order chi connectivity index (χ1) is 10.2. The fraction of sp³-hybridized carbons (Fsp3) is 0.611. The zero-order valence-corrected chi connectivity index (χ0v) is 15.7. The van der Waals surface area contributed by atoms with Gasteiger partial charge in [0, 0.05) is 12.1 Å². The van der Waals surface area contributed by atoms with Gasteiger partial charge in [-0.15, -0.1) is 0 Å². The maximum Gasteiger partial charge on any atom is 0.239 e. The molecule has 1 heterocycles. The number of benzene rings is 1. The Hall–Kier alpha value is -1.29. The third kappa shape index (κ3) is 2.37. The highest BCUT2D eigenvalue weighted by atomic mass is 28.3. The van der Waals surface area contributed by atoms with Crippen LogP contribution in [0.15, 0.2) is 18.2 Å². The van der Waals surface area contributed by atoms with E-state index < -0.39 is 8.24 Å². The molecule has 1 amide bonds. The molecule has 2 N–H and O–H groups in total. The molecule has 0 saturated carbocycles. The third-order valence-corrected chi connectivity index (χ3v) is 12.4. The molecule has 2 rings (SSSR count). The topological polar surface area (TPSA) is 46.3 Å². The van der Waals surface area contributed by atoms with Crippen LogP contribution in [0.2, 0.25) is 16.6 Å². The van der Waals surface area contributed by atoms with E-state index in [0.717, 1.165) is 6.42 Å². The maximum absolute atomic E-state index is 12.2. The first-order valence-corrected chi connectivity index (χ1v) is 10.5. The van der Waals surface area contributed by atoms with Gasteiger partial charge in [-0.2, -0.15) is 0 Å². The van der Waals surface area contributed by atoms with Crippen molar-refractivity contribution < 1.29 is 4.79 Å². The molecule has 1 radical (unpaired) electrons. The average molecular weight is 318 g/mol. The van der Waals surface area contributed by atoms with Crippen molar-refractivity contribution >= 4 is 19.8 Å². The summed E-state index contributed by atoms with van der Waals surface area (Å²) in [6.45, 7) is 13.9. The quantitative estimate of drug-likeness (QED) is 0.838. The molecule has 22 heavy (non-hydrogen) atoms. The van der Waals surface area contributed by atoms with Crippen LogP contribution in [0.5, 0.6) is 0 Å². The minimum atomic E-state index is -1.95. The number of nitrogens with two attached hydrogens (primary N) is 1. The molecule has 1 aliphatic heterocycles. The van der Waals surface area contributed by atoms with Gasteiger partial charge in [-0.25, -0.2) is 0 Å². The Morgan fingerprint density at radius 2 is 1.77 bits per heavy atom. The molecular weight excluding hydrogens is 288 g/mol. The minimum Gasteiger partial charge on any atom is -0.385 e. The highest BCUT2D eigenvalue weighted by molar-refractivity contribution is 6.87. The van der Waals surface area contributed by atoms with Crippen LogP contribution in [-0.4, -0.2) is 20.2 Å². The number of fused-ring (bicyclic) bond motifs is 1. The number of carbonyl (C=O) groups is 1. The lowest BCUT2D eigenvalue weighted by Gasteiger charge is -2.52. The van der Waals surface area contributed by atoms with E-state index in [9.17, 15) is 4.79 Å². The third-order valence-electron chi connectivity index (χ3n) is 5.43. The lowest BCUT2D eigenvalue weighted by atomic mass is 10.1. The Bertz CT molecular complexity index is 532. The summed E-state index contributed by atoms with van der Waals surface area (Å²) in [5.41, 5.74) is 9.86. The van der Waals surface area contributed by atoms with Gasteiger partial charge in [0.2, 0.25) is 5.91 Å².